The number of carbonyl (C=O) groups excluding carboxylic acids is 1. The van der Waals surface area contributed by atoms with Crippen molar-refractivity contribution in [3.8, 4) is 5.69 Å². The summed E-state index contributed by atoms with van der Waals surface area (Å²) in [4.78, 5) is 12.1. The molecule has 1 amide bonds. The van der Waals surface area contributed by atoms with Gasteiger partial charge in [-0.15, -0.1) is 0 Å². The molecule has 6 heteroatoms. The van der Waals surface area contributed by atoms with E-state index in [0.717, 1.165) is 22.6 Å². The predicted molar refractivity (Wildman–Crippen MR) is 119 cm³/mol. The summed E-state index contributed by atoms with van der Waals surface area (Å²) >= 11 is 8.25. The minimum atomic E-state index is -0.296. The van der Waals surface area contributed by atoms with E-state index in [0.29, 0.717) is 10.6 Å². The molecule has 0 atom stereocenters. The van der Waals surface area contributed by atoms with Gasteiger partial charge in [-0.1, -0.05) is 17.7 Å². The first-order chi connectivity index (χ1) is 12.9. The van der Waals surface area contributed by atoms with Gasteiger partial charge >= 0.3 is 0 Å². The second-order valence-electron chi connectivity index (χ2n) is 6.30. The lowest BCUT2D eigenvalue weighted by atomic mass is 10.2. The summed E-state index contributed by atoms with van der Waals surface area (Å²) in [6, 6.07) is 15.2. The van der Waals surface area contributed by atoms with Gasteiger partial charge in [-0.25, -0.2) is 5.43 Å². The van der Waals surface area contributed by atoms with Gasteiger partial charge in [-0.05, 0) is 91.4 Å². The molecule has 1 heterocycles. The lowest BCUT2D eigenvalue weighted by molar-refractivity contribution is 0.0955. The third-order valence-corrected chi connectivity index (χ3v) is 5.77. The number of nitrogens with one attached hydrogen (secondary N) is 1. The van der Waals surface area contributed by atoms with Crippen LogP contribution >= 0.6 is 34.2 Å². The molecule has 0 unspecified atom stereocenters. The maximum absolute atomic E-state index is 12.1. The highest BCUT2D eigenvalue weighted by molar-refractivity contribution is 14.1. The van der Waals surface area contributed by atoms with E-state index in [-0.39, 0.29) is 5.91 Å². The quantitative estimate of drug-likeness (QED) is 0.295. The molecule has 1 aromatic heterocycles. The van der Waals surface area contributed by atoms with Gasteiger partial charge in [-0.2, -0.15) is 5.10 Å². The minimum Gasteiger partial charge on any atom is -0.318 e. The van der Waals surface area contributed by atoms with E-state index >= 15 is 0 Å². The molecular formula is C21H19ClIN3O. The number of hydrazone groups is 1. The molecule has 0 bridgehead atoms. The molecule has 0 aliphatic carbocycles. The van der Waals surface area contributed by atoms with Crippen molar-refractivity contribution in [2.45, 2.75) is 20.8 Å². The summed E-state index contributed by atoms with van der Waals surface area (Å²) < 4.78 is 3.42. The van der Waals surface area contributed by atoms with Crippen molar-refractivity contribution in [2.24, 2.45) is 5.10 Å². The predicted octanol–water partition coefficient (Wildman–Crippen LogP) is 5.42. The Morgan fingerprint density at radius 2 is 1.93 bits per heavy atom. The number of carbonyl (C=O) groups is 1. The van der Waals surface area contributed by atoms with Crippen LogP contribution in [-0.2, 0) is 0 Å². The molecule has 0 saturated carbocycles. The Balaban J connectivity index is 1.81. The van der Waals surface area contributed by atoms with Crippen LogP contribution in [0.15, 0.2) is 53.6 Å². The van der Waals surface area contributed by atoms with E-state index in [4.69, 9.17) is 11.6 Å². The molecule has 2 aromatic carbocycles. The zero-order valence-corrected chi connectivity index (χ0v) is 18.2. The molecule has 0 saturated heterocycles. The molecule has 0 fully saturated rings. The smallest absolute Gasteiger partial charge is 0.271 e. The van der Waals surface area contributed by atoms with E-state index in [9.17, 15) is 4.79 Å². The highest BCUT2D eigenvalue weighted by atomic mass is 127. The first-order valence-electron chi connectivity index (χ1n) is 8.41. The highest BCUT2D eigenvalue weighted by Gasteiger charge is 2.10. The third kappa shape index (κ3) is 4.42. The van der Waals surface area contributed by atoms with Gasteiger partial charge in [0, 0.05) is 36.8 Å². The normalized spacial score (nSPS) is 11.1. The Hall–Kier alpha value is -2.12. The Bertz CT molecular complexity index is 1040. The standard InChI is InChI=1S/C21H19ClIN3O/c1-13-9-19(7-8-20(13)23)26-14(2)10-17(15(26)3)12-24-25-21(27)16-5-4-6-18(22)11-16/h4-12H,1-3H3,(H,25,27)/b24-12-. The molecule has 3 rings (SSSR count). The van der Waals surface area contributed by atoms with E-state index in [1.807, 2.05) is 6.92 Å². The number of halogens is 2. The molecule has 0 aliphatic rings. The maximum atomic E-state index is 12.1. The number of nitrogens with zero attached hydrogens (tertiary/aromatic N) is 2. The summed E-state index contributed by atoms with van der Waals surface area (Å²) in [5.41, 5.74) is 8.50. The number of rotatable bonds is 4. The number of hydrogen-bond acceptors (Lipinski definition) is 2. The largest absolute Gasteiger partial charge is 0.318 e. The van der Waals surface area contributed by atoms with E-state index < -0.39 is 0 Å². The van der Waals surface area contributed by atoms with Gasteiger partial charge in [0.1, 0.15) is 0 Å². The lowest BCUT2D eigenvalue weighted by Gasteiger charge is -2.11. The first kappa shape index (κ1) is 19.6. The summed E-state index contributed by atoms with van der Waals surface area (Å²) in [6.07, 6.45) is 1.67. The second kappa shape index (κ2) is 8.27. The Kier molecular flexibility index (Phi) is 6.01. The molecule has 3 aromatic rings. The van der Waals surface area contributed by atoms with Crippen molar-refractivity contribution in [1.82, 2.24) is 9.99 Å². The van der Waals surface area contributed by atoms with Crippen molar-refractivity contribution < 1.29 is 4.79 Å². The van der Waals surface area contributed by atoms with Crippen LogP contribution in [0.1, 0.15) is 32.9 Å². The fourth-order valence-electron chi connectivity index (χ4n) is 2.94. The number of amides is 1. The molecule has 27 heavy (non-hydrogen) atoms. The van der Waals surface area contributed by atoms with Crippen LogP contribution in [0.4, 0.5) is 0 Å². The fourth-order valence-corrected chi connectivity index (χ4v) is 3.46. The van der Waals surface area contributed by atoms with Crippen molar-refractivity contribution in [3.05, 3.63) is 85.2 Å². The second-order valence-corrected chi connectivity index (χ2v) is 7.90. The summed E-state index contributed by atoms with van der Waals surface area (Å²) in [5.74, 6) is -0.296. The van der Waals surface area contributed by atoms with Crippen molar-refractivity contribution in [1.29, 1.82) is 0 Å². The van der Waals surface area contributed by atoms with E-state index in [1.54, 1.807) is 30.5 Å². The summed E-state index contributed by atoms with van der Waals surface area (Å²) in [5, 5.41) is 4.62. The molecule has 0 spiro atoms. The summed E-state index contributed by atoms with van der Waals surface area (Å²) in [6.45, 7) is 6.20. The first-order valence-corrected chi connectivity index (χ1v) is 9.87. The van der Waals surface area contributed by atoms with Crippen LogP contribution in [0.5, 0.6) is 0 Å². The van der Waals surface area contributed by atoms with Crippen LogP contribution in [0.25, 0.3) is 5.69 Å². The molecule has 0 radical (unpaired) electrons. The SMILES string of the molecule is Cc1cc(-n2c(C)cc(/C=N\NC(=O)c3cccc(Cl)c3)c2C)ccc1I. The summed E-state index contributed by atoms with van der Waals surface area (Å²) in [7, 11) is 0. The Morgan fingerprint density at radius 3 is 2.63 bits per heavy atom. The van der Waals surface area contributed by atoms with E-state index in [2.05, 4.69) is 75.8 Å². The number of hydrogen-bond donors (Lipinski definition) is 1. The topological polar surface area (TPSA) is 46.4 Å². The van der Waals surface area contributed by atoms with Gasteiger partial charge in [0.25, 0.3) is 5.91 Å². The van der Waals surface area contributed by atoms with Crippen molar-refractivity contribution in [2.75, 3.05) is 0 Å². The lowest BCUT2D eigenvalue weighted by Crippen LogP contribution is -2.17. The van der Waals surface area contributed by atoms with E-state index in [1.165, 1.54) is 9.13 Å². The number of aryl methyl sites for hydroxylation is 2. The molecular weight excluding hydrogens is 473 g/mol. The number of benzene rings is 2. The van der Waals surface area contributed by atoms with Gasteiger partial charge in [0.2, 0.25) is 0 Å². The van der Waals surface area contributed by atoms with Crippen LogP contribution in [0.3, 0.4) is 0 Å². The van der Waals surface area contributed by atoms with Crippen LogP contribution in [0, 0.1) is 24.3 Å². The van der Waals surface area contributed by atoms with Crippen LogP contribution < -0.4 is 5.43 Å². The highest BCUT2D eigenvalue weighted by Crippen LogP contribution is 2.22. The van der Waals surface area contributed by atoms with Gasteiger partial charge < -0.3 is 4.57 Å². The fraction of sp³-hybridized carbons (Fsp3) is 0.143. The minimum absolute atomic E-state index is 0.296. The average Bonchev–Trinajstić information content (AvgIpc) is 2.91. The zero-order valence-electron chi connectivity index (χ0n) is 15.3. The Morgan fingerprint density at radius 1 is 1.15 bits per heavy atom. The molecule has 0 aliphatic heterocycles. The number of aromatic nitrogens is 1. The maximum Gasteiger partial charge on any atom is 0.271 e. The Labute approximate surface area is 177 Å². The third-order valence-electron chi connectivity index (χ3n) is 4.33. The monoisotopic (exact) mass is 491 g/mol. The average molecular weight is 492 g/mol. The molecule has 138 valence electrons. The van der Waals surface area contributed by atoms with Crippen molar-refractivity contribution in [3.63, 3.8) is 0 Å². The molecule has 1 N–H and O–H groups in total. The van der Waals surface area contributed by atoms with Crippen molar-refractivity contribution >= 4 is 46.3 Å². The van der Waals surface area contributed by atoms with Gasteiger partial charge in [-0.3, -0.25) is 4.79 Å². The van der Waals surface area contributed by atoms with Crippen LogP contribution in [-0.4, -0.2) is 16.7 Å². The van der Waals surface area contributed by atoms with Gasteiger partial charge in [0.05, 0.1) is 6.21 Å². The van der Waals surface area contributed by atoms with Gasteiger partial charge in [0.15, 0.2) is 0 Å². The van der Waals surface area contributed by atoms with Crippen LogP contribution in [0.2, 0.25) is 5.02 Å². The zero-order chi connectivity index (χ0) is 19.6. The molecule has 4 nitrogen and oxygen atoms in total.